The lowest BCUT2D eigenvalue weighted by atomic mass is 9.83. The van der Waals surface area contributed by atoms with Crippen molar-refractivity contribution in [3.05, 3.63) is 35.4 Å². The minimum atomic E-state index is -3.50. The molecule has 8 heteroatoms. The third-order valence-corrected chi connectivity index (χ3v) is 7.55. The largest absolute Gasteiger partial charge is 0.354 e. The van der Waals surface area contributed by atoms with E-state index in [1.165, 1.54) is 10.6 Å². The van der Waals surface area contributed by atoms with Gasteiger partial charge in [-0.05, 0) is 36.5 Å². The van der Waals surface area contributed by atoms with Crippen molar-refractivity contribution in [2.75, 3.05) is 32.4 Å². The quantitative estimate of drug-likeness (QED) is 0.789. The molecule has 1 N–H and O–H groups in total. The Morgan fingerprint density at radius 3 is 2.37 bits per heavy atom. The predicted molar refractivity (Wildman–Crippen MR) is 117 cm³/mol. The summed E-state index contributed by atoms with van der Waals surface area (Å²) in [6.45, 7) is 5.44. The van der Waals surface area contributed by atoms with Gasteiger partial charge in [0.25, 0.3) is 5.91 Å². The monoisotopic (exact) mass is 435 g/mol. The van der Waals surface area contributed by atoms with Gasteiger partial charge in [-0.25, -0.2) is 8.42 Å². The van der Waals surface area contributed by atoms with Crippen LogP contribution in [0.2, 0.25) is 0 Å². The standard InChI is InChI=1S/C22H33N3O4S/c1-16(2)17-8-10-18(11-9-17)22(27)24-13-12-23-21(26)19-6-4-5-7-20(19)25(15-14-24)30(3,28)29/h8-11,16,19-20H,4-7,12-15H2,1-3H3,(H,23,26)/t19-,20+/m0/s1. The van der Waals surface area contributed by atoms with E-state index in [-0.39, 0.29) is 30.3 Å². The number of carbonyl (C=O) groups excluding carboxylic acids is 2. The molecule has 2 fully saturated rings. The van der Waals surface area contributed by atoms with Crippen LogP contribution in [-0.2, 0) is 14.8 Å². The molecule has 2 amide bonds. The fraction of sp³-hybridized carbons (Fsp3) is 0.636. The highest BCUT2D eigenvalue weighted by Crippen LogP contribution is 2.30. The number of sulfonamides is 1. The third kappa shape index (κ3) is 5.21. The Morgan fingerprint density at radius 2 is 1.73 bits per heavy atom. The van der Waals surface area contributed by atoms with Crippen LogP contribution in [0.3, 0.4) is 0 Å². The van der Waals surface area contributed by atoms with E-state index in [0.29, 0.717) is 44.0 Å². The number of fused-ring (bicyclic) bond motifs is 1. The van der Waals surface area contributed by atoms with Crippen molar-refractivity contribution in [3.63, 3.8) is 0 Å². The van der Waals surface area contributed by atoms with Gasteiger partial charge < -0.3 is 10.2 Å². The lowest BCUT2D eigenvalue weighted by Crippen LogP contribution is -2.55. The summed E-state index contributed by atoms with van der Waals surface area (Å²) in [7, 11) is -3.50. The highest BCUT2D eigenvalue weighted by atomic mass is 32.2. The Bertz CT molecular complexity index is 867. The minimum Gasteiger partial charge on any atom is -0.354 e. The smallest absolute Gasteiger partial charge is 0.253 e. The van der Waals surface area contributed by atoms with Crippen molar-refractivity contribution in [3.8, 4) is 0 Å². The van der Waals surface area contributed by atoms with E-state index < -0.39 is 10.0 Å². The van der Waals surface area contributed by atoms with Gasteiger partial charge in [0.1, 0.15) is 0 Å². The average Bonchev–Trinajstić information content (AvgIpc) is 2.71. The molecule has 1 aromatic carbocycles. The zero-order valence-corrected chi connectivity index (χ0v) is 19.0. The van der Waals surface area contributed by atoms with Gasteiger partial charge in [0, 0.05) is 37.8 Å². The molecule has 1 aliphatic carbocycles. The summed E-state index contributed by atoms with van der Waals surface area (Å²) in [5.74, 6) is -0.193. The van der Waals surface area contributed by atoms with Gasteiger partial charge in [0.15, 0.2) is 0 Å². The first kappa shape index (κ1) is 22.7. The molecule has 166 valence electrons. The first-order valence-corrected chi connectivity index (χ1v) is 12.7. The predicted octanol–water partition coefficient (Wildman–Crippen LogP) is 2.20. The maximum Gasteiger partial charge on any atom is 0.253 e. The van der Waals surface area contributed by atoms with Gasteiger partial charge in [-0.1, -0.05) is 38.8 Å². The van der Waals surface area contributed by atoms with Crippen LogP contribution in [0, 0.1) is 5.92 Å². The van der Waals surface area contributed by atoms with Crippen molar-refractivity contribution in [2.24, 2.45) is 5.92 Å². The van der Waals surface area contributed by atoms with E-state index in [1.54, 1.807) is 4.90 Å². The molecule has 30 heavy (non-hydrogen) atoms. The molecule has 7 nitrogen and oxygen atoms in total. The SMILES string of the molecule is CC(C)c1ccc(C(=O)N2CCNC(=O)[C@H]3CCCC[C@H]3N(S(C)(=O)=O)CC2)cc1. The van der Waals surface area contributed by atoms with Gasteiger partial charge >= 0.3 is 0 Å². The molecule has 1 aromatic rings. The minimum absolute atomic E-state index is 0.107. The van der Waals surface area contributed by atoms with Gasteiger partial charge in [-0.2, -0.15) is 4.31 Å². The topological polar surface area (TPSA) is 86.8 Å². The van der Waals surface area contributed by atoms with Crippen molar-refractivity contribution in [1.82, 2.24) is 14.5 Å². The highest BCUT2D eigenvalue weighted by molar-refractivity contribution is 7.88. The molecule has 0 bridgehead atoms. The number of rotatable bonds is 3. The molecule has 3 rings (SSSR count). The van der Waals surface area contributed by atoms with Gasteiger partial charge in [-0.3, -0.25) is 9.59 Å². The lowest BCUT2D eigenvalue weighted by Gasteiger charge is -2.39. The summed E-state index contributed by atoms with van der Waals surface area (Å²) in [5, 5.41) is 2.93. The Labute approximate surface area is 179 Å². The average molecular weight is 436 g/mol. The number of nitrogens with zero attached hydrogens (tertiary/aromatic N) is 2. The molecule has 0 aromatic heterocycles. The molecule has 0 unspecified atom stereocenters. The van der Waals surface area contributed by atoms with E-state index in [1.807, 2.05) is 24.3 Å². The molecule has 1 saturated carbocycles. The molecule has 1 aliphatic heterocycles. The second-order valence-electron chi connectivity index (χ2n) is 8.69. The fourth-order valence-electron chi connectivity index (χ4n) is 4.51. The Balaban J connectivity index is 1.83. The van der Waals surface area contributed by atoms with Gasteiger partial charge in [0.05, 0.1) is 12.2 Å². The van der Waals surface area contributed by atoms with Crippen molar-refractivity contribution in [2.45, 2.75) is 51.5 Å². The first-order chi connectivity index (χ1) is 14.2. The zero-order valence-electron chi connectivity index (χ0n) is 18.1. The molecule has 0 radical (unpaired) electrons. The Hall–Kier alpha value is -1.93. The van der Waals surface area contributed by atoms with Crippen LogP contribution < -0.4 is 5.32 Å². The van der Waals surface area contributed by atoms with E-state index in [4.69, 9.17) is 0 Å². The summed E-state index contributed by atoms with van der Waals surface area (Å²) in [6.07, 6.45) is 4.41. The number of hydrogen-bond acceptors (Lipinski definition) is 4. The van der Waals surface area contributed by atoms with Crippen molar-refractivity contribution in [1.29, 1.82) is 0 Å². The normalized spacial score (nSPS) is 24.3. The molecule has 1 heterocycles. The van der Waals surface area contributed by atoms with E-state index in [9.17, 15) is 18.0 Å². The van der Waals surface area contributed by atoms with Crippen LogP contribution in [0.4, 0.5) is 0 Å². The van der Waals surface area contributed by atoms with Crippen LogP contribution in [0.1, 0.15) is 61.4 Å². The van der Waals surface area contributed by atoms with E-state index in [0.717, 1.165) is 18.4 Å². The summed E-state index contributed by atoms with van der Waals surface area (Å²) >= 11 is 0. The summed E-state index contributed by atoms with van der Waals surface area (Å²) in [4.78, 5) is 27.5. The molecular formula is C22H33N3O4S. The van der Waals surface area contributed by atoms with Crippen molar-refractivity contribution >= 4 is 21.8 Å². The molecular weight excluding hydrogens is 402 g/mol. The number of amides is 2. The fourth-order valence-corrected chi connectivity index (χ4v) is 5.67. The molecule has 0 spiro atoms. The van der Waals surface area contributed by atoms with Crippen LogP contribution in [0.15, 0.2) is 24.3 Å². The van der Waals surface area contributed by atoms with Crippen LogP contribution in [0.25, 0.3) is 0 Å². The lowest BCUT2D eigenvalue weighted by molar-refractivity contribution is -0.127. The second-order valence-corrected chi connectivity index (χ2v) is 10.6. The summed E-state index contributed by atoms with van der Waals surface area (Å²) in [6, 6.07) is 7.21. The molecule has 2 aliphatic rings. The number of hydrogen-bond donors (Lipinski definition) is 1. The number of carbonyl (C=O) groups is 2. The number of nitrogens with one attached hydrogen (secondary N) is 1. The third-order valence-electron chi connectivity index (χ3n) is 6.24. The van der Waals surface area contributed by atoms with Crippen LogP contribution in [0.5, 0.6) is 0 Å². The van der Waals surface area contributed by atoms with Crippen LogP contribution in [-0.4, -0.2) is 67.9 Å². The maximum absolute atomic E-state index is 13.1. The van der Waals surface area contributed by atoms with Gasteiger partial charge in [-0.15, -0.1) is 0 Å². The van der Waals surface area contributed by atoms with E-state index in [2.05, 4.69) is 19.2 Å². The molecule has 2 atom stereocenters. The Morgan fingerprint density at radius 1 is 1.07 bits per heavy atom. The van der Waals surface area contributed by atoms with Gasteiger partial charge in [0.2, 0.25) is 15.9 Å². The maximum atomic E-state index is 13.1. The highest BCUT2D eigenvalue weighted by Gasteiger charge is 2.39. The summed E-state index contributed by atoms with van der Waals surface area (Å²) < 4.78 is 26.5. The van der Waals surface area contributed by atoms with Crippen molar-refractivity contribution < 1.29 is 18.0 Å². The first-order valence-electron chi connectivity index (χ1n) is 10.8. The molecule has 1 saturated heterocycles. The second kappa shape index (κ2) is 9.47. The summed E-state index contributed by atoms with van der Waals surface area (Å²) in [5.41, 5.74) is 1.73. The van der Waals surface area contributed by atoms with E-state index >= 15 is 0 Å². The number of benzene rings is 1. The van der Waals surface area contributed by atoms with Crippen LogP contribution >= 0.6 is 0 Å². The zero-order chi connectivity index (χ0) is 21.9. The Kier molecular flexibility index (Phi) is 7.18.